The first-order valence-corrected chi connectivity index (χ1v) is 9.82. The molecule has 1 fully saturated rings. The Bertz CT molecular complexity index is 1070. The Balaban J connectivity index is 1.64. The summed E-state index contributed by atoms with van der Waals surface area (Å²) in [7, 11) is -1.94. The number of anilines is 1. The molecule has 4 heterocycles. The molecule has 0 radical (unpaired) electrons. The Labute approximate surface area is 150 Å². The maximum atomic E-state index is 12.7. The molecule has 0 bridgehead atoms. The van der Waals surface area contributed by atoms with Crippen LogP contribution in [0.1, 0.15) is 16.2 Å². The van der Waals surface area contributed by atoms with Gasteiger partial charge in [0.05, 0.1) is 23.9 Å². The van der Waals surface area contributed by atoms with Crippen LogP contribution in [0, 0.1) is 0 Å². The molecule has 4 rings (SSSR count). The fourth-order valence-corrected chi connectivity index (χ4v) is 4.53. The lowest BCUT2D eigenvalue weighted by Crippen LogP contribution is -2.63. The number of pyridine rings is 1. The first-order chi connectivity index (χ1) is 12.2. The van der Waals surface area contributed by atoms with Crippen molar-refractivity contribution < 1.29 is 13.2 Å². The number of nitrogens with zero attached hydrogens (tertiary/aromatic N) is 5. The summed E-state index contributed by atoms with van der Waals surface area (Å²) in [4.78, 5) is 34.6. The van der Waals surface area contributed by atoms with Gasteiger partial charge in [0.2, 0.25) is 10.0 Å². The highest BCUT2D eigenvalue weighted by molar-refractivity contribution is 7.92. The van der Waals surface area contributed by atoms with E-state index < -0.39 is 15.4 Å². The zero-order valence-corrected chi connectivity index (χ0v) is 15.1. The zero-order chi connectivity index (χ0) is 18.7. The second kappa shape index (κ2) is 5.37. The molecule has 2 aromatic heterocycles. The van der Waals surface area contributed by atoms with Crippen molar-refractivity contribution >= 4 is 21.7 Å². The third-order valence-electron chi connectivity index (χ3n) is 4.94. The molecular formula is C16H17N5O4S. The van der Waals surface area contributed by atoms with Crippen molar-refractivity contribution in [2.45, 2.75) is 5.41 Å². The SMILES string of the molecule is Cn1c(C(=O)N2CC3(C2)CN(S(C)(=O)=O)c2nccnc23)cccc1=O. The summed E-state index contributed by atoms with van der Waals surface area (Å²) in [6.45, 7) is 0.863. The Morgan fingerprint density at radius 2 is 1.85 bits per heavy atom. The first-order valence-electron chi connectivity index (χ1n) is 7.97. The number of fused-ring (bicyclic) bond motifs is 2. The van der Waals surface area contributed by atoms with E-state index in [1.807, 2.05) is 0 Å². The van der Waals surface area contributed by atoms with Crippen molar-refractivity contribution in [1.29, 1.82) is 0 Å². The molecule has 0 N–H and O–H groups in total. The van der Waals surface area contributed by atoms with E-state index in [2.05, 4.69) is 9.97 Å². The molecule has 2 aliphatic heterocycles. The summed E-state index contributed by atoms with van der Waals surface area (Å²) in [5.41, 5.74) is 0.0724. The van der Waals surface area contributed by atoms with Crippen LogP contribution in [0.3, 0.4) is 0 Å². The van der Waals surface area contributed by atoms with Crippen LogP contribution in [0.25, 0.3) is 0 Å². The van der Waals surface area contributed by atoms with Gasteiger partial charge in [0.1, 0.15) is 5.69 Å². The van der Waals surface area contributed by atoms with Crippen LogP contribution in [-0.2, 0) is 22.5 Å². The van der Waals surface area contributed by atoms with Crippen LogP contribution < -0.4 is 9.86 Å². The van der Waals surface area contributed by atoms with E-state index in [1.165, 1.54) is 27.3 Å². The van der Waals surface area contributed by atoms with Gasteiger partial charge in [-0.25, -0.2) is 13.4 Å². The minimum absolute atomic E-state index is 0.211. The van der Waals surface area contributed by atoms with Gasteiger partial charge in [0.15, 0.2) is 5.82 Å². The van der Waals surface area contributed by atoms with Gasteiger partial charge in [-0.15, -0.1) is 0 Å². The number of sulfonamides is 1. The third-order valence-corrected chi connectivity index (χ3v) is 6.05. The molecule has 0 saturated carbocycles. The fraction of sp³-hybridized carbons (Fsp3) is 0.375. The van der Waals surface area contributed by atoms with Crippen LogP contribution in [0.5, 0.6) is 0 Å². The molecule has 1 saturated heterocycles. The quantitative estimate of drug-likeness (QED) is 0.691. The van der Waals surface area contributed by atoms with Crippen LogP contribution in [0.15, 0.2) is 35.4 Å². The lowest BCUT2D eigenvalue weighted by molar-refractivity contribution is 0.0411. The average molecular weight is 375 g/mol. The third kappa shape index (κ3) is 2.32. The lowest BCUT2D eigenvalue weighted by atomic mass is 9.78. The molecule has 10 heteroatoms. The summed E-state index contributed by atoms with van der Waals surface area (Å²) in [6.07, 6.45) is 4.11. The number of likely N-dealkylation sites (tertiary alicyclic amines) is 1. The van der Waals surface area contributed by atoms with Crippen molar-refractivity contribution in [3.8, 4) is 0 Å². The second-order valence-electron chi connectivity index (χ2n) is 6.75. The van der Waals surface area contributed by atoms with Crippen LogP contribution >= 0.6 is 0 Å². The summed E-state index contributed by atoms with van der Waals surface area (Å²) < 4.78 is 26.7. The van der Waals surface area contributed by atoms with Gasteiger partial charge in [-0.2, -0.15) is 0 Å². The van der Waals surface area contributed by atoms with E-state index in [4.69, 9.17) is 0 Å². The molecule has 9 nitrogen and oxygen atoms in total. The molecule has 0 unspecified atom stereocenters. The van der Waals surface area contributed by atoms with Gasteiger partial charge >= 0.3 is 0 Å². The normalized spacial score (nSPS) is 17.9. The topological polar surface area (TPSA) is 105 Å². The van der Waals surface area contributed by atoms with E-state index >= 15 is 0 Å². The number of hydrogen-bond donors (Lipinski definition) is 0. The van der Waals surface area contributed by atoms with Gasteiger partial charge < -0.3 is 9.47 Å². The van der Waals surface area contributed by atoms with Crippen molar-refractivity contribution in [2.75, 3.05) is 30.2 Å². The van der Waals surface area contributed by atoms with E-state index in [-0.39, 0.29) is 18.0 Å². The molecule has 0 atom stereocenters. The molecule has 1 amide bonds. The summed E-state index contributed by atoms with van der Waals surface area (Å²) in [5.74, 6) is 0.0632. The second-order valence-corrected chi connectivity index (χ2v) is 8.65. The summed E-state index contributed by atoms with van der Waals surface area (Å²) >= 11 is 0. The van der Waals surface area contributed by atoms with Crippen LogP contribution in [0.4, 0.5) is 5.82 Å². The van der Waals surface area contributed by atoms with E-state index in [9.17, 15) is 18.0 Å². The predicted octanol–water partition coefficient (Wildman–Crippen LogP) is -0.651. The molecule has 2 aromatic rings. The Kier molecular flexibility index (Phi) is 3.45. The van der Waals surface area contributed by atoms with Crippen LogP contribution in [-0.4, -0.2) is 59.6 Å². The Morgan fingerprint density at radius 1 is 1.15 bits per heavy atom. The molecule has 26 heavy (non-hydrogen) atoms. The highest BCUT2D eigenvalue weighted by Crippen LogP contribution is 2.45. The Hall–Kier alpha value is -2.75. The largest absolute Gasteiger partial charge is 0.335 e. The maximum absolute atomic E-state index is 12.7. The van der Waals surface area contributed by atoms with E-state index in [0.29, 0.717) is 30.3 Å². The number of aromatic nitrogens is 3. The molecule has 1 spiro atoms. The summed E-state index contributed by atoms with van der Waals surface area (Å²) in [5, 5.41) is 0. The van der Waals surface area contributed by atoms with Gasteiger partial charge in [-0.1, -0.05) is 6.07 Å². The smallest absolute Gasteiger partial charge is 0.270 e. The van der Waals surface area contributed by atoms with E-state index in [1.54, 1.807) is 24.1 Å². The molecule has 136 valence electrons. The zero-order valence-electron chi connectivity index (χ0n) is 14.3. The van der Waals surface area contributed by atoms with E-state index in [0.717, 1.165) is 6.26 Å². The highest BCUT2D eigenvalue weighted by Gasteiger charge is 2.56. The van der Waals surface area contributed by atoms with Gasteiger partial charge in [-0.3, -0.25) is 18.9 Å². The maximum Gasteiger partial charge on any atom is 0.270 e. The lowest BCUT2D eigenvalue weighted by Gasteiger charge is -2.47. The monoisotopic (exact) mass is 375 g/mol. The van der Waals surface area contributed by atoms with Crippen LogP contribution in [0.2, 0.25) is 0 Å². The molecular weight excluding hydrogens is 358 g/mol. The molecule has 0 aliphatic carbocycles. The van der Waals surface area contributed by atoms with Gasteiger partial charge in [0.25, 0.3) is 11.5 Å². The fourth-order valence-electron chi connectivity index (χ4n) is 3.60. The predicted molar refractivity (Wildman–Crippen MR) is 93.5 cm³/mol. The number of amides is 1. The molecule has 0 aromatic carbocycles. The Morgan fingerprint density at radius 3 is 2.54 bits per heavy atom. The minimum Gasteiger partial charge on any atom is -0.335 e. The highest BCUT2D eigenvalue weighted by atomic mass is 32.2. The summed E-state index contributed by atoms with van der Waals surface area (Å²) in [6, 6.07) is 4.54. The minimum atomic E-state index is -3.48. The van der Waals surface area contributed by atoms with Crippen molar-refractivity contribution in [1.82, 2.24) is 19.4 Å². The number of hydrogen-bond acceptors (Lipinski definition) is 6. The average Bonchev–Trinajstić information content (AvgIpc) is 2.91. The number of carbonyl (C=O) groups excluding carboxylic acids is 1. The van der Waals surface area contributed by atoms with Crippen molar-refractivity contribution in [3.05, 3.63) is 52.3 Å². The number of carbonyl (C=O) groups is 1. The number of rotatable bonds is 2. The molecule has 2 aliphatic rings. The van der Waals surface area contributed by atoms with Crippen molar-refractivity contribution in [3.63, 3.8) is 0 Å². The standard InChI is InChI=1S/C16H17N5O4S/c1-19-11(4-3-5-12(19)22)15(23)20-8-16(9-20)10-21(26(2,24)25)14-13(16)17-6-7-18-14/h3-7H,8-10H2,1-2H3. The van der Waals surface area contributed by atoms with Gasteiger partial charge in [-0.05, 0) is 6.07 Å². The van der Waals surface area contributed by atoms with Gasteiger partial charge in [0, 0.05) is 38.6 Å². The van der Waals surface area contributed by atoms with Crippen molar-refractivity contribution in [2.24, 2.45) is 7.05 Å². The first kappa shape index (κ1) is 16.7.